The SMILES string of the molecule is CC(C)(C)OC(=O)N1[C@H]2CC[C@@H]1[C@@](O)(C(C)(C)C)C2. The molecule has 3 atom stereocenters. The first kappa shape index (κ1) is 14.6. The van der Waals surface area contributed by atoms with Crippen molar-refractivity contribution in [3.63, 3.8) is 0 Å². The summed E-state index contributed by atoms with van der Waals surface area (Å²) in [5.74, 6) is 0. The number of hydrogen-bond acceptors (Lipinski definition) is 3. The van der Waals surface area contributed by atoms with Crippen molar-refractivity contribution in [2.75, 3.05) is 0 Å². The highest BCUT2D eigenvalue weighted by Crippen LogP contribution is 2.52. The Labute approximate surface area is 116 Å². The van der Waals surface area contributed by atoms with Gasteiger partial charge in [-0.1, -0.05) is 20.8 Å². The number of nitrogens with zero attached hydrogens (tertiary/aromatic N) is 1. The lowest BCUT2D eigenvalue weighted by atomic mass is 9.68. The highest BCUT2D eigenvalue weighted by atomic mass is 16.6. The van der Waals surface area contributed by atoms with Gasteiger partial charge >= 0.3 is 6.09 Å². The molecule has 2 bridgehead atoms. The maximum Gasteiger partial charge on any atom is 0.410 e. The van der Waals surface area contributed by atoms with E-state index in [0.29, 0.717) is 6.42 Å². The minimum Gasteiger partial charge on any atom is -0.444 e. The number of hydrogen-bond donors (Lipinski definition) is 1. The van der Waals surface area contributed by atoms with Gasteiger partial charge in [0.2, 0.25) is 0 Å². The van der Waals surface area contributed by atoms with Crippen molar-refractivity contribution in [3.05, 3.63) is 0 Å². The molecule has 0 unspecified atom stereocenters. The van der Waals surface area contributed by atoms with Crippen LogP contribution >= 0.6 is 0 Å². The molecule has 2 rings (SSSR count). The molecule has 0 aromatic heterocycles. The van der Waals surface area contributed by atoms with Crippen LogP contribution in [0.3, 0.4) is 0 Å². The Bertz CT molecular complexity index is 380. The average molecular weight is 269 g/mol. The van der Waals surface area contributed by atoms with E-state index >= 15 is 0 Å². The zero-order valence-electron chi connectivity index (χ0n) is 13.0. The minimum atomic E-state index is -0.799. The van der Waals surface area contributed by atoms with Gasteiger partial charge in [0, 0.05) is 6.04 Å². The summed E-state index contributed by atoms with van der Waals surface area (Å²) in [5.41, 5.74) is -1.51. The first-order chi connectivity index (χ1) is 8.46. The van der Waals surface area contributed by atoms with Crippen LogP contribution in [0.1, 0.15) is 60.8 Å². The smallest absolute Gasteiger partial charge is 0.410 e. The Morgan fingerprint density at radius 2 is 1.79 bits per heavy atom. The van der Waals surface area contributed by atoms with Crippen LogP contribution in [0, 0.1) is 5.41 Å². The summed E-state index contributed by atoms with van der Waals surface area (Å²) in [5, 5.41) is 11.0. The van der Waals surface area contributed by atoms with E-state index in [0.717, 1.165) is 12.8 Å². The molecule has 1 amide bonds. The molecule has 2 aliphatic heterocycles. The van der Waals surface area contributed by atoms with E-state index in [1.807, 2.05) is 41.5 Å². The summed E-state index contributed by atoms with van der Waals surface area (Å²) in [6, 6.07) is 0.0245. The van der Waals surface area contributed by atoms with Gasteiger partial charge < -0.3 is 9.84 Å². The second kappa shape index (κ2) is 4.11. The molecule has 2 heterocycles. The lowest BCUT2D eigenvalue weighted by Crippen LogP contribution is -2.53. The molecule has 0 aliphatic carbocycles. The Morgan fingerprint density at radius 3 is 2.21 bits per heavy atom. The van der Waals surface area contributed by atoms with Gasteiger partial charge in [-0.25, -0.2) is 4.79 Å². The monoisotopic (exact) mass is 269 g/mol. The van der Waals surface area contributed by atoms with Crippen LogP contribution in [-0.2, 0) is 4.74 Å². The molecule has 0 aromatic carbocycles. The molecule has 110 valence electrons. The fourth-order valence-electron chi connectivity index (χ4n) is 3.44. The normalized spacial score (nSPS) is 34.8. The molecule has 2 aliphatic rings. The summed E-state index contributed by atoms with van der Waals surface area (Å²) in [6.07, 6.45) is 2.24. The van der Waals surface area contributed by atoms with Gasteiger partial charge in [0.25, 0.3) is 0 Å². The third kappa shape index (κ3) is 2.35. The standard InChI is InChI=1S/C15H27NO3/c1-13(2,3)15(18)9-10-7-8-11(15)16(10)12(17)19-14(4,5)6/h10-11,18H,7-9H2,1-6H3/t10-,11+,15+/m0/s1. The maximum atomic E-state index is 12.3. The van der Waals surface area contributed by atoms with E-state index in [1.54, 1.807) is 4.90 Å². The highest BCUT2D eigenvalue weighted by Gasteiger charge is 2.62. The second-order valence-electron chi connectivity index (χ2n) is 8.01. The number of amides is 1. The molecule has 0 saturated carbocycles. The summed E-state index contributed by atoms with van der Waals surface area (Å²) in [6.45, 7) is 11.7. The largest absolute Gasteiger partial charge is 0.444 e. The summed E-state index contributed by atoms with van der Waals surface area (Å²) in [7, 11) is 0. The Morgan fingerprint density at radius 1 is 1.21 bits per heavy atom. The van der Waals surface area contributed by atoms with Gasteiger partial charge in [0.15, 0.2) is 0 Å². The predicted molar refractivity (Wildman–Crippen MR) is 73.9 cm³/mol. The number of carbonyl (C=O) groups is 1. The van der Waals surface area contributed by atoms with Crippen molar-refractivity contribution in [1.29, 1.82) is 0 Å². The molecular formula is C15H27NO3. The van der Waals surface area contributed by atoms with Crippen LogP contribution < -0.4 is 0 Å². The Hall–Kier alpha value is -0.770. The van der Waals surface area contributed by atoms with E-state index in [9.17, 15) is 9.90 Å². The third-order valence-corrected chi connectivity index (χ3v) is 4.50. The third-order valence-electron chi connectivity index (χ3n) is 4.50. The fourth-order valence-corrected chi connectivity index (χ4v) is 3.44. The Balaban J connectivity index is 2.20. The van der Waals surface area contributed by atoms with Gasteiger partial charge in [-0.05, 0) is 45.4 Å². The molecule has 4 heteroatoms. The van der Waals surface area contributed by atoms with Gasteiger partial charge in [-0.2, -0.15) is 0 Å². The van der Waals surface area contributed by atoms with Crippen molar-refractivity contribution in [1.82, 2.24) is 4.90 Å². The first-order valence-electron chi connectivity index (χ1n) is 7.19. The zero-order valence-corrected chi connectivity index (χ0v) is 13.0. The van der Waals surface area contributed by atoms with E-state index in [2.05, 4.69) is 0 Å². The van der Waals surface area contributed by atoms with Crippen molar-refractivity contribution < 1.29 is 14.6 Å². The van der Waals surface area contributed by atoms with E-state index < -0.39 is 11.2 Å². The molecule has 0 aromatic rings. The molecule has 19 heavy (non-hydrogen) atoms. The first-order valence-corrected chi connectivity index (χ1v) is 7.19. The van der Waals surface area contributed by atoms with Crippen LogP contribution in [0.4, 0.5) is 4.79 Å². The van der Waals surface area contributed by atoms with Crippen molar-refractivity contribution in [2.24, 2.45) is 5.41 Å². The van der Waals surface area contributed by atoms with Crippen molar-refractivity contribution in [2.45, 2.75) is 84.1 Å². The van der Waals surface area contributed by atoms with Gasteiger partial charge in [-0.3, -0.25) is 4.90 Å². The minimum absolute atomic E-state index is 0.104. The quantitative estimate of drug-likeness (QED) is 0.735. The van der Waals surface area contributed by atoms with Crippen LogP contribution in [0.2, 0.25) is 0 Å². The number of rotatable bonds is 0. The second-order valence-corrected chi connectivity index (χ2v) is 8.01. The number of aliphatic hydroxyl groups is 1. The van der Waals surface area contributed by atoms with Crippen LogP contribution in [0.25, 0.3) is 0 Å². The van der Waals surface area contributed by atoms with Gasteiger partial charge in [0.05, 0.1) is 11.6 Å². The fraction of sp³-hybridized carbons (Fsp3) is 0.933. The molecule has 1 N–H and O–H groups in total. The molecular weight excluding hydrogens is 242 g/mol. The average Bonchev–Trinajstić information content (AvgIpc) is 2.68. The van der Waals surface area contributed by atoms with Gasteiger partial charge in [-0.15, -0.1) is 0 Å². The number of ether oxygens (including phenoxy) is 1. The molecule has 0 spiro atoms. The molecule has 2 fully saturated rings. The molecule has 0 radical (unpaired) electrons. The maximum absolute atomic E-state index is 12.3. The summed E-state index contributed by atoms with van der Waals surface area (Å²) < 4.78 is 5.48. The summed E-state index contributed by atoms with van der Waals surface area (Å²) in [4.78, 5) is 14.1. The van der Waals surface area contributed by atoms with E-state index in [-0.39, 0.29) is 23.6 Å². The van der Waals surface area contributed by atoms with Crippen molar-refractivity contribution in [3.8, 4) is 0 Å². The summed E-state index contributed by atoms with van der Waals surface area (Å²) >= 11 is 0. The lowest BCUT2D eigenvalue weighted by molar-refractivity contribution is -0.0856. The van der Waals surface area contributed by atoms with Crippen molar-refractivity contribution >= 4 is 6.09 Å². The number of fused-ring (bicyclic) bond motifs is 2. The lowest BCUT2D eigenvalue weighted by Gasteiger charge is -2.43. The molecule has 4 nitrogen and oxygen atoms in total. The number of carbonyl (C=O) groups excluding carboxylic acids is 1. The van der Waals surface area contributed by atoms with Crippen LogP contribution in [0.5, 0.6) is 0 Å². The predicted octanol–water partition coefficient (Wildman–Crippen LogP) is 2.94. The molecule has 2 saturated heterocycles. The van der Waals surface area contributed by atoms with E-state index in [4.69, 9.17) is 4.74 Å². The zero-order chi connectivity index (χ0) is 14.6. The van der Waals surface area contributed by atoms with E-state index in [1.165, 1.54) is 0 Å². The van der Waals surface area contributed by atoms with Crippen LogP contribution in [-0.4, -0.2) is 39.4 Å². The van der Waals surface area contributed by atoms with Gasteiger partial charge in [0.1, 0.15) is 5.60 Å². The van der Waals surface area contributed by atoms with Crippen LogP contribution in [0.15, 0.2) is 0 Å². The highest BCUT2D eigenvalue weighted by molar-refractivity contribution is 5.70. The Kier molecular flexibility index (Phi) is 3.17. The topological polar surface area (TPSA) is 49.8 Å².